The number of aryl methyl sites for hydroxylation is 2. The van der Waals surface area contributed by atoms with Gasteiger partial charge in [-0.3, -0.25) is 4.57 Å². The molecule has 2 aromatic heterocycles. The fraction of sp³-hybridized carbons (Fsp3) is 0.231. The Labute approximate surface area is 125 Å². The fourth-order valence-corrected chi connectivity index (χ4v) is 2.84. The smallest absolute Gasteiger partial charge is 0.207 e. The molecule has 1 aromatic carbocycles. The van der Waals surface area contributed by atoms with Crippen molar-refractivity contribution in [3.8, 4) is 5.69 Å². The zero-order valence-electron chi connectivity index (χ0n) is 11.1. The first-order valence-corrected chi connectivity index (χ1v) is 6.94. The highest BCUT2D eigenvalue weighted by Crippen LogP contribution is 2.28. The maximum Gasteiger partial charge on any atom is 0.207 e. The lowest BCUT2D eigenvalue weighted by molar-refractivity contribution is 0.663. The molecule has 104 valence electrons. The van der Waals surface area contributed by atoms with Gasteiger partial charge in [-0.25, -0.2) is 9.67 Å². The minimum absolute atomic E-state index is 0.390. The van der Waals surface area contributed by atoms with Gasteiger partial charge in [-0.1, -0.05) is 23.2 Å². The van der Waals surface area contributed by atoms with Gasteiger partial charge < -0.3 is 5.73 Å². The molecule has 2 N–H and O–H groups in total. The van der Waals surface area contributed by atoms with Gasteiger partial charge in [0.05, 0.1) is 11.4 Å². The Hall–Kier alpha value is -1.72. The summed E-state index contributed by atoms with van der Waals surface area (Å²) in [6, 6.07) is 5.28. The third-order valence-electron chi connectivity index (χ3n) is 3.14. The van der Waals surface area contributed by atoms with Gasteiger partial charge in [-0.15, -0.1) is 0 Å². The SMILES string of the molecule is CCn1nc(C)c2nc(N)n(-c3cc(Cl)cc(Cl)c3)c21. The molecule has 5 nitrogen and oxygen atoms in total. The van der Waals surface area contributed by atoms with Gasteiger partial charge in [0.15, 0.2) is 5.65 Å². The molecule has 3 rings (SSSR count). The lowest BCUT2D eigenvalue weighted by atomic mass is 10.3. The summed E-state index contributed by atoms with van der Waals surface area (Å²) in [5, 5.41) is 5.55. The number of aromatic nitrogens is 4. The van der Waals surface area contributed by atoms with Crippen molar-refractivity contribution in [3.63, 3.8) is 0 Å². The molecule has 0 spiro atoms. The van der Waals surface area contributed by atoms with E-state index in [1.165, 1.54) is 0 Å². The number of nitrogen functional groups attached to an aromatic ring is 1. The molecule has 20 heavy (non-hydrogen) atoms. The maximum atomic E-state index is 6.07. The summed E-state index contributed by atoms with van der Waals surface area (Å²) in [6.07, 6.45) is 0. The van der Waals surface area contributed by atoms with Crippen LogP contribution in [0.15, 0.2) is 18.2 Å². The summed E-state index contributed by atoms with van der Waals surface area (Å²) in [5.74, 6) is 0.390. The molecule has 0 saturated carbocycles. The number of nitrogens with two attached hydrogens (primary N) is 1. The van der Waals surface area contributed by atoms with Crippen LogP contribution in [-0.2, 0) is 6.54 Å². The average molecular weight is 310 g/mol. The Morgan fingerprint density at radius 2 is 1.85 bits per heavy atom. The Bertz CT molecular complexity index is 783. The highest BCUT2D eigenvalue weighted by molar-refractivity contribution is 6.34. The first kappa shape index (κ1) is 13.3. The first-order valence-electron chi connectivity index (χ1n) is 6.19. The molecule has 0 radical (unpaired) electrons. The predicted molar refractivity (Wildman–Crippen MR) is 81.7 cm³/mol. The number of rotatable bonds is 2. The van der Waals surface area contributed by atoms with Crippen molar-refractivity contribution < 1.29 is 0 Å². The number of halogens is 2. The van der Waals surface area contributed by atoms with Crippen molar-refractivity contribution in [2.45, 2.75) is 20.4 Å². The van der Waals surface area contributed by atoms with Crippen molar-refractivity contribution >= 4 is 40.3 Å². The third kappa shape index (κ3) is 1.94. The number of hydrogen-bond acceptors (Lipinski definition) is 3. The number of nitrogens with zero attached hydrogens (tertiary/aromatic N) is 4. The zero-order chi connectivity index (χ0) is 14.4. The van der Waals surface area contributed by atoms with Crippen LogP contribution in [0.25, 0.3) is 16.9 Å². The standard InChI is InChI=1S/C13H13Cl2N5/c1-3-19-12-11(7(2)18-19)17-13(16)20(12)10-5-8(14)4-9(15)6-10/h4-6H,3H2,1-2H3,(H2,16,17). The van der Waals surface area contributed by atoms with Gasteiger partial charge in [0.2, 0.25) is 5.95 Å². The van der Waals surface area contributed by atoms with Crippen molar-refractivity contribution in [1.82, 2.24) is 19.3 Å². The first-order chi connectivity index (χ1) is 9.51. The quantitative estimate of drug-likeness (QED) is 0.788. The van der Waals surface area contributed by atoms with Gasteiger partial charge >= 0.3 is 0 Å². The van der Waals surface area contributed by atoms with E-state index < -0.39 is 0 Å². The number of benzene rings is 1. The molecule has 3 aromatic rings. The Kier molecular flexibility index (Phi) is 3.11. The molecule has 0 aliphatic rings. The van der Waals surface area contributed by atoms with Gasteiger partial charge in [0.25, 0.3) is 0 Å². The minimum Gasteiger partial charge on any atom is -0.369 e. The summed E-state index contributed by atoms with van der Waals surface area (Å²) in [7, 11) is 0. The zero-order valence-corrected chi connectivity index (χ0v) is 12.6. The van der Waals surface area contributed by atoms with E-state index in [0.29, 0.717) is 16.0 Å². The molecule has 0 saturated heterocycles. The van der Waals surface area contributed by atoms with Crippen LogP contribution in [0.5, 0.6) is 0 Å². The molecule has 0 fully saturated rings. The Morgan fingerprint density at radius 3 is 2.45 bits per heavy atom. The normalized spacial score (nSPS) is 11.4. The number of imidazole rings is 1. The van der Waals surface area contributed by atoms with Gasteiger partial charge in [0.1, 0.15) is 5.52 Å². The molecule has 0 aliphatic carbocycles. The van der Waals surface area contributed by atoms with Gasteiger partial charge in [-0.05, 0) is 32.0 Å². The molecule has 0 atom stereocenters. The van der Waals surface area contributed by atoms with Crippen LogP contribution in [0.2, 0.25) is 10.0 Å². The summed E-state index contributed by atoms with van der Waals surface area (Å²) >= 11 is 12.1. The third-order valence-corrected chi connectivity index (χ3v) is 3.58. The average Bonchev–Trinajstić information content (AvgIpc) is 2.85. The van der Waals surface area contributed by atoms with Crippen LogP contribution in [0, 0.1) is 6.92 Å². The molecule has 0 unspecified atom stereocenters. The van der Waals surface area contributed by atoms with E-state index in [9.17, 15) is 0 Å². The molecule has 2 heterocycles. The molecule has 0 bridgehead atoms. The summed E-state index contributed by atoms with van der Waals surface area (Å²) in [5.41, 5.74) is 9.31. The second-order valence-electron chi connectivity index (χ2n) is 4.51. The number of anilines is 1. The summed E-state index contributed by atoms with van der Waals surface area (Å²) < 4.78 is 3.68. The van der Waals surface area contributed by atoms with Crippen molar-refractivity contribution in [1.29, 1.82) is 0 Å². The van der Waals surface area contributed by atoms with Crippen LogP contribution in [0.3, 0.4) is 0 Å². The van der Waals surface area contributed by atoms with Crippen LogP contribution in [-0.4, -0.2) is 19.3 Å². The topological polar surface area (TPSA) is 61.7 Å². The van der Waals surface area contributed by atoms with Crippen molar-refractivity contribution in [3.05, 3.63) is 33.9 Å². The largest absolute Gasteiger partial charge is 0.369 e. The van der Waals surface area contributed by atoms with E-state index in [0.717, 1.165) is 29.1 Å². The van der Waals surface area contributed by atoms with Crippen LogP contribution >= 0.6 is 23.2 Å². The summed E-state index contributed by atoms with van der Waals surface area (Å²) in [4.78, 5) is 4.39. The molecule has 7 heteroatoms. The second kappa shape index (κ2) is 4.68. The fourth-order valence-electron chi connectivity index (χ4n) is 2.33. The van der Waals surface area contributed by atoms with Crippen LogP contribution < -0.4 is 5.73 Å². The second-order valence-corrected chi connectivity index (χ2v) is 5.38. The predicted octanol–water partition coefficient (Wildman–Crippen LogP) is 3.44. The van der Waals surface area contributed by atoms with Crippen LogP contribution in [0.1, 0.15) is 12.6 Å². The molecule has 0 amide bonds. The van der Waals surface area contributed by atoms with Gasteiger partial charge in [0, 0.05) is 16.6 Å². The number of hydrogen-bond donors (Lipinski definition) is 1. The van der Waals surface area contributed by atoms with E-state index in [4.69, 9.17) is 28.9 Å². The summed E-state index contributed by atoms with van der Waals surface area (Å²) in [6.45, 7) is 4.66. The number of fused-ring (bicyclic) bond motifs is 1. The van der Waals surface area contributed by atoms with E-state index in [-0.39, 0.29) is 0 Å². The maximum absolute atomic E-state index is 6.07. The van der Waals surface area contributed by atoms with E-state index >= 15 is 0 Å². The highest BCUT2D eigenvalue weighted by atomic mass is 35.5. The lowest BCUT2D eigenvalue weighted by Gasteiger charge is -2.09. The lowest BCUT2D eigenvalue weighted by Crippen LogP contribution is -2.06. The molecule has 0 aliphatic heterocycles. The minimum atomic E-state index is 0.390. The van der Waals surface area contributed by atoms with Crippen molar-refractivity contribution in [2.75, 3.05) is 5.73 Å². The van der Waals surface area contributed by atoms with E-state index in [1.807, 2.05) is 23.1 Å². The highest BCUT2D eigenvalue weighted by Gasteiger charge is 2.18. The van der Waals surface area contributed by atoms with E-state index in [1.54, 1.807) is 18.2 Å². The monoisotopic (exact) mass is 309 g/mol. The van der Waals surface area contributed by atoms with E-state index in [2.05, 4.69) is 10.1 Å². The van der Waals surface area contributed by atoms with Crippen LogP contribution in [0.4, 0.5) is 5.95 Å². The molecular formula is C13H13Cl2N5. The Balaban J connectivity index is 2.37. The molecular weight excluding hydrogens is 297 g/mol. The Morgan fingerprint density at radius 1 is 1.20 bits per heavy atom. The van der Waals surface area contributed by atoms with Crippen molar-refractivity contribution in [2.24, 2.45) is 0 Å². The van der Waals surface area contributed by atoms with Gasteiger partial charge in [-0.2, -0.15) is 5.10 Å².